The lowest BCUT2D eigenvalue weighted by molar-refractivity contribution is -0.140. The number of carbonyl (C=O) groups is 2. The van der Waals surface area contributed by atoms with Crippen LogP contribution >= 0.6 is 0 Å². The number of ether oxygens (including phenoxy) is 1. The molecule has 0 saturated carbocycles. The molecule has 9 heteroatoms. The monoisotopic (exact) mass is 579 g/mol. The van der Waals surface area contributed by atoms with Crippen LogP contribution in [-0.4, -0.2) is 51.4 Å². The summed E-state index contributed by atoms with van der Waals surface area (Å²) in [5, 5.41) is 2.94. The molecule has 41 heavy (non-hydrogen) atoms. The summed E-state index contributed by atoms with van der Waals surface area (Å²) in [6.07, 6.45) is 0.362. The predicted octanol–water partition coefficient (Wildman–Crippen LogP) is 5.09. The number of nitrogens with zero attached hydrogens (tertiary/aromatic N) is 2. The molecular weight excluding hydrogens is 538 g/mol. The molecule has 1 atom stereocenters. The molecule has 0 spiro atoms. The van der Waals surface area contributed by atoms with Gasteiger partial charge in [0.15, 0.2) is 0 Å². The molecule has 3 rings (SSSR count). The first-order chi connectivity index (χ1) is 19.5. The molecule has 0 aliphatic heterocycles. The number of sulfonamides is 1. The van der Waals surface area contributed by atoms with Crippen LogP contribution in [0.3, 0.4) is 0 Å². The number of methoxy groups -OCH3 is 1. The molecule has 1 N–H and O–H groups in total. The molecule has 3 aromatic carbocycles. The van der Waals surface area contributed by atoms with Crippen molar-refractivity contribution < 1.29 is 22.7 Å². The van der Waals surface area contributed by atoms with E-state index in [9.17, 15) is 18.0 Å². The van der Waals surface area contributed by atoms with E-state index >= 15 is 0 Å². The van der Waals surface area contributed by atoms with Crippen LogP contribution in [0.2, 0.25) is 0 Å². The van der Waals surface area contributed by atoms with Gasteiger partial charge < -0.3 is 15.0 Å². The van der Waals surface area contributed by atoms with Gasteiger partial charge in [-0.2, -0.15) is 0 Å². The predicted molar refractivity (Wildman–Crippen MR) is 162 cm³/mol. The number of benzene rings is 3. The van der Waals surface area contributed by atoms with Crippen LogP contribution in [0.15, 0.2) is 77.7 Å². The van der Waals surface area contributed by atoms with Crippen molar-refractivity contribution >= 4 is 27.5 Å². The largest absolute Gasteiger partial charge is 0.497 e. The summed E-state index contributed by atoms with van der Waals surface area (Å²) in [5.41, 5.74) is 3.04. The molecule has 0 radical (unpaired) electrons. The molecule has 0 aliphatic carbocycles. The van der Waals surface area contributed by atoms with Gasteiger partial charge in [0.25, 0.3) is 10.0 Å². The number of anilines is 1. The average Bonchev–Trinajstić information content (AvgIpc) is 2.95. The number of hydrogen-bond donors (Lipinski definition) is 1. The molecule has 220 valence electrons. The summed E-state index contributed by atoms with van der Waals surface area (Å²) < 4.78 is 34.2. The fourth-order valence-corrected chi connectivity index (χ4v) is 5.76. The second kappa shape index (κ2) is 14.2. The van der Waals surface area contributed by atoms with Crippen molar-refractivity contribution in [2.75, 3.05) is 24.5 Å². The highest BCUT2D eigenvalue weighted by Gasteiger charge is 2.33. The fourth-order valence-electron chi connectivity index (χ4n) is 4.35. The Kier molecular flexibility index (Phi) is 10.9. The number of aryl methyl sites for hydroxylation is 2. The molecule has 0 unspecified atom stereocenters. The van der Waals surface area contributed by atoms with Gasteiger partial charge in [-0.15, -0.1) is 0 Å². The van der Waals surface area contributed by atoms with E-state index in [0.717, 1.165) is 21.0 Å². The highest BCUT2D eigenvalue weighted by Crippen LogP contribution is 2.26. The Balaban J connectivity index is 2.03. The maximum absolute atomic E-state index is 14.1. The molecule has 2 amide bonds. The van der Waals surface area contributed by atoms with Gasteiger partial charge in [0, 0.05) is 13.1 Å². The highest BCUT2D eigenvalue weighted by molar-refractivity contribution is 7.92. The minimum absolute atomic E-state index is 0.0832. The quantitative estimate of drug-likeness (QED) is 0.305. The first kappa shape index (κ1) is 31.7. The maximum atomic E-state index is 14.1. The van der Waals surface area contributed by atoms with Crippen molar-refractivity contribution in [1.82, 2.24) is 10.2 Å². The number of amides is 2. The zero-order valence-electron chi connectivity index (χ0n) is 24.8. The van der Waals surface area contributed by atoms with Gasteiger partial charge in [0.2, 0.25) is 11.8 Å². The van der Waals surface area contributed by atoms with Crippen molar-refractivity contribution in [3.63, 3.8) is 0 Å². The first-order valence-electron chi connectivity index (χ1n) is 13.8. The van der Waals surface area contributed by atoms with Crippen LogP contribution in [0, 0.1) is 19.8 Å². The Morgan fingerprint density at radius 1 is 0.878 bits per heavy atom. The van der Waals surface area contributed by atoms with E-state index in [1.54, 1.807) is 67.8 Å². The normalized spacial score (nSPS) is 12.1. The summed E-state index contributed by atoms with van der Waals surface area (Å²) in [6.45, 7) is 9.75. The lowest BCUT2D eigenvalue weighted by atomic mass is 10.1. The van der Waals surface area contributed by atoms with E-state index in [2.05, 4.69) is 5.32 Å². The summed E-state index contributed by atoms with van der Waals surface area (Å²) in [5.74, 6) is 0.150. The summed E-state index contributed by atoms with van der Waals surface area (Å²) in [7, 11) is -2.52. The number of carbonyl (C=O) groups excluding carboxylic acids is 2. The third-order valence-electron chi connectivity index (χ3n) is 6.79. The molecule has 0 bridgehead atoms. The maximum Gasteiger partial charge on any atom is 0.264 e. The zero-order chi connectivity index (χ0) is 30.2. The van der Waals surface area contributed by atoms with E-state index in [0.29, 0.717) is 24.4 Å². The second-order valence-corrected chi connectivity index (χ2v) is 12.5. The molecular formula is C32H41N3O5S. The Hall–Kier alpha value is -3.85. The summed E-state index contributed by atoms with van der Waals surface area (Å²) >= 11 is 0. The van der Waals surface area contributed by atoms with Gasteiger partial charge >= 0.3 is 0 Å². The van der Waals surface area contributed by atoms with Crippen molar-refractivity contribution in [3.8, 4) is 5.75 Å². The van der Waals surface area contributed by atoms with Crippen LogP contribution in [0.4, 0.5) is 5.69 Å². The lowest BCUT2D eigenvalue weighted by Gasteiger charge is -2.33. The van der Waals surface area contributed by atoms with Crippen LogP contribution < -0.4 is 14.4 Å². The molecule has 0 aliphatic rings. The molecule has 0 saturated heterocycles. The second-order valence-electron chi connectivity index (χ2n) is 10.6. The topological polar surface area (TPSA) is 96.0 Å². The Bertz CT molecular complexity index is 1400. The van der Waals surface area contributed by atoms with E-state index in [1.165, 1.54) is 4.90 Å². The van der Waals surface area contributed by atoms with Crippen LogP contribution in [0.1, 0.15) is 43.9 Å². The average molecular weight is 580 g/mol. The van der Waals surface area contributed by atoms with E-state index < -0.39 is 28.5 Å². The summed E-state index contributed by atoms with van der Waals surface area (Å²) in [6, 6.07) is 20.0. The van der Waals surface area contributed by atoms with Crippen molar-refractivity contribution in [2.24, 2.45) is 5.92 Å². The molecule has 3 aromatic rings. The van der Waals surface area contributed by atoms with Crippen molar-refractivity contribution in [3.05, 3.63) is 89.5 Å². The van der Waals surface area contributed by atoms with Crippen molar-refractivity contribution in [2.45, 2.75) is 58.5 Å². The standard InChI is InChI=1S/C32H41N3O5S/c1-7-30(32(37)33-20-23(2)3)34(21-26-12-16-28(40-6)17-13-26)31(36)22-35(27-14-8-24(4)9-15-27)41(38,39)29-18-10-25(5)11-19-29/h8-19,23,30H,7,20-22H2,1-6H3,(H,33,37)/t30-/m1/s1. The van der Waals surface area contributed by atoms with Crippen molar-refractivity contribution in [1.29, 1.82) is 0 Å². The van der Waals surface area contributed by atoms with E-state index in [4.69, 9.17) is 4.74 Å². The smallest absolute Gasteiger partial charge is 0.264 e. The molecule has 8 nitrogen and oxygen atoms in total. The van der Waals surface area contributed by atoms with Gasteiger partial charge in [-0.05, 0) is 68.1 Å². The van der Waals surface area contributed by atoms with Crippen LogP contribution in [-0.2, 0) is 26.2 Å². The minimum atomic E-state index is -4.10. The first-order valence-corrected chi connectivity index (χ1v) is 15.3. The van der Waals surface area contributed by atoms with Gasteiger partial charge in [0.05, 0.1) is 17.7 Å². The SMILES string of the molecule is CC[C@H](C(=O)NCC(C)C)N(Cc1ccc(OC)cc1)C(=O)CN(c1ccc(C)cc1)S(=O)(=O)c1ccc(C)cc1. The van der Waals surface area contributed by atoms with Crippen LogP contribution in [0.25, 0.3) is 0 Å². The lowest BCUT2D eigenvalue weighted by Crippen LogP contribution is -2.52. The Labute approximate surface area is 244 Å². The molecule has 0 fully saturated rings. The molecule has 0 heterocycles. The third-order valence-corrected chi connectivity index (χ3v) is 8.58. The zero-order valence-corrected chi connectivity index (χ0v) is 25.6. The van der Waals surface area contributed by atoms with E-state index in [1.807, 2.05) is 46.8 Å². The van der Waals surface area contributed by atoms with Gasteiger partial charge in [-0.25, -0.2) is 8.42 Å². The minimum Gasteiger partial charge on any atom is -0.497 e. The third kappa shape index (κ3) is 8.33. The summed E-state index contributed by atoms with van der Waals surface area (Å²) in [4.78, 5) is 29.0. The number of hydrogen-bond acceptors (Lipinski definition) is 5. The number of nitrogens with one attached hydrogen (secondary N) is 1. The van der Waals surface area contributed by atoms with Gasteiger partial charge in [0.1, 0.15) is 18.3 Å². The highest BCUT2D eigenvalue weighted by atomic mass is 32.2. The Morgan fingerprint density at radius 2 is 1.44 bits per heavy atom. The van der Waals surface area contributed by atoms with Gasteiger partial charge in [-0.3, -0.25) is 13.9 Å². The fraction of sp³-hybridized carbons (Fsp3) is 0.375. The van der Waals surface area contributed by atoms with Crippen LogP contribution in [0.5, 0.6) is 5.75 Å². The Morgan fingerprint density at radius 3 is 1.95 bits per heavy atom. The number of rotatable bonds is 13. The van der Waals surface area contributed by atoms with Gasteiger partial charge in [-0.1, -0.05) is 68.3 Å². The van der Waals surface area contributed by atoms with E-state index in [-0.39, 0.29) is 23.3 Å². The molecule has 0 aromatic heterocycles.